The van der Waals surface area contributed by atoms with Gasteiger partial charge in [-0.15, -0.1) is 0 Å². The fourth-order valence-corrected chi connectivity index (χ4v) is 2.03. The van der Waals surface area contributed by atoms with Crippen LogP contribution >= 0.6 is 0 Å². The standard InChI is InChI=1S/C15H20O3/c1-11(2)18-14-7-3-5-12(9-14)15(16)13-6-4-8-17-10-13/h3,5,7,9-11,15-16H,4,6,8H2,1-2H3. The molecule has 3 heteroatoms. The van der Waals surface area contributed by atoms with Gasteiger partial charge < -0.3 is 14.6 Å². The molecule has 0 fully saturated rings. The number of aliphatic hydroxyl groups excluding tert-OH is 1. The third kappa shape index (κ3) is 3.26. The summed E-state index contributed by atoms with van der Waals surface area (Å²) in [5.41, 5.74) is 1.79. The van der Waals surface area contributed by atoms with Crippen molar-refractivity contribution >= 4 is 0 Å². The van der Waals surface area contributed by atoms with E-state index in [1.54, 1.807) is 6.26 Å². The summed E-state index contributed by atoms with van der Waals surface area (Å²) < 4.78 is 10.9. The first-order valence-electron chi connectivity index (χ1n) is 6.42. The molecule has 0 radical (unpaired) electrons. The van der Waals surface area contributed by atoms with Gasteiger partial charge in [-0.3, -0.25) is 0 Å². The van der Waals surface area contributed by atoms with Crippen LogP contribution in [0.3, 0.4) is 0 Å². The van der Waals surface area contributed by atoms with E-state index in [1.165, 1.54) is 0 Å². The Balaban J connectivity index is 2.14. The molecular weight excluding hydrogens is 228 g/mol. The normalized spacial score (nSPS) is 17.0. The molecule has 1 aromatic rings. The van der Waals surface area contributed by atoms with E-state index in [0.717, 1.165) is 36.3 Å². The molecule has 0 amide bonds. The average molecular weight is 248 g/mol. The number of hydrogen-bond acceptors (Lipinski definition) is 3. The summed E-state index contributed by atoms with van der Waals surface area (Å²) in [7, 11) is 0. The SMILES string of the molecule is CC(C)Oc1cccc(C(O)C2=COCCC2)c1. The van der Waals surface area contributed by atoms with Gasteiger partial charge in [0.15, 0.2) is 0 Å². The van der Waals surface area contributed by atoms with Crippen molar-refractivity contribution in [2.24, 2.45) is 0 Å². The van der Waals surface area contributed by atoms with Crippen molar-refractivity contribution in [3.63, 3.8) is 0 Å². The van der Waals surface area contributed by atoms with Gasteiger partial charge in [0, 0.05) is 0 Å². The molecule has 1 aromatic carbocycles. The molecule has 0 saturated heterocycles. The molecule has 1 unspecified atom stereocenters. The minimum Gasteiger partial charge on any atom is -0.501 e. The van der Waals surface area contributed by atoms with E-state index in [2.05, 4.69) is 0 Å². The Morgan fingerprint density at radius 3 is 2.83 bits per heavy atom. The number of hydrogen-bond donors (Lipinski definition) is 1. The third-order valence-electron chi connectivity index (χ3n) is 2.86. The maximum Gasteiger partial charge on any atom is 0.120 e. The maximum absolute atomic E-state index is 10.3. The fraction of sp³-hybridized carbons (Fsp3) is 0.467. The van der Waals surface area contributed by atoms with Gasteiger partial charge in [0.1, 0.15) is 11.9 Å². The van der Waals surface area contributed by atoms with E-state index in [-0.39, 0.29) is 6.10 Å². The monoisotopic (exact) mass is 248 g/mol. The number of benzene rings is 1. The van der Waals surface area contributed by atoms with Crippen molar-refractivity contribution in [3.05, 3.63) is 41.7 Å². The quantitative estimate of drug-likeness (QED) is 0.889. The van der Waals surface area contributed by atoms with E-state index < -0.39 is 6.10 Å². The van der Waals surface area contributed by atoms with Gasteiger partial charge in [0.05, 0.1) is 19.0 Å². The van der Waals surface area contributed by atoms with Gasteiger partial charge in [0.2, 0.25) is 0 Å². The lowest BCUT2D eigenvalue weighted by molar-refractivity contribution is 0.169. The predicted molar refractivity (Wildman–Crippen MR) is 70.4 cm³/mol. The van der Waals surface area contributed by atoms with Crippen LogP contribution in [0.2, 0.25) is 0 Å². The van der Waals surface area contributed by atoms with Gasteiger partial charge in [-0.25, -0.2) is 0 Å². The van der Waals surface area contributed by atoms with Gasteiger partial charge >= 0.3 is 0 Å². The van der Waals surface area contributed by atoms with E-state index in [1.807, 2.05) is 38.1 Å². The average Bonchev–Trinajstić information content (AvgIpc) is 2.38. The Morgan fingerprint density at radius 2 is 2.17 bits per heavy atom. The predicted octanol–water partition coefficient (Wildman–Crippen LogP) is 3.20. The van der Waals surface area contributed by atoms with E-state index >= 15 is 0 Å². The highest BCUT2D eigenvalue weighted by atomic mass is 16.5. The second kappa shape index (κ2) is 5.91. The molecule has 0 spiro atoms. The summed E-state index contributed by atoms with van der Waals surface area (Å²) in [4.78, 5) is 0. The van der Waals surface area contributed by atoms with Crippen LogP contribution in [0.15, 0.2) is 36.1 Å². The topological polar surface area (TPSA) is 38.7 Å². The Kier molecular flexibility index (Phi) is 4.26. The molecule has 1 aliphatic rings. The molecule has 0 aliphatic carbocycles. The highest BCUT2D eigenvalue weighted by Gasteiger charge is 2.16. The van der Waals surface area contributed by atoms with Gasteiger partial charge in [-0.1, -0.05) is 12.1 Å². The summed E-state index contributed by atoms with van der Waals surface area (Å²) in [6, 6.07) is 7.61. The molecule has 0 aromatic heterocycles. The van der Waals surface area contributed by atoms with Crippen LogP contribution in [-0.2, 0) is 4.74 Å². The Labute approximate surface area is 108 Å². The van der Waals surface area contributed by atoms with Crippen LogP contribution in [0, 0.1) is 0 Å². The van der Waals surface area contributed by atoms with Crippen molar-refractivity contribution in [1.82, 2.24) is 0 Å². The lowest BCUT2D eigenvalue weighted by Gasteiger charge is -2.20. The molecule has 1 aliphatic heterocycles. The molecule has 1 atom stereocenters. The summed E-state index contributed by atoms with van der Waals surface area (Å²) >= 11 is 0. The van der Waals surface area contributed by atoms with Crippen LogP contribution < -0.4 is 4.74 Å². The van der Waals surface area contributed by atoms with Crippen molar-refractivity contribution in [2.75, 3.05) is 6.61 Å². The maximum atomic E-state index is 10.3. The smallest absolute Gasteiger partial charge is 0.120 e. The highest BCUT2D eigenvalue weighted by molar-refractivity contribution is 5.33. The molecule has 1 N–H and O–H groups in total. The number of aliphatic hydroxyl groups is 1. The zero-order chi connectivity index (χ0) is 13.0. The summed E-state index contributed by atoms with van der Waals surface area (Å²) in [6.07, 6.45) is 3.07. The van der Waals surface area contributed by atoms with Gasteiger partial charge in [-0.05, 0) is 50.0 Å². The van der Waals surface area contributed by atoms with Crippen molar-refractivity contribution in [2.45, 2.75) is 38.9 Å². The number of ether oxygens (including phenoxy) is 2. The second-order valence-corrected chi connectivity index (χ2v) is 4.81. The lowest BCUT2D eigenvalue weighted by atomic mass is 9.98. The molecule has 0 saturated carbocycles. The summed E-state index contributed by atoms with van der Waals surface area (Å²) in [6.45, 7) is 4.72. The first-order chi connectivity index (χ1) is 8.66. The molecule has 18 heavy (non-hydrogen) atoms. The van der Waals surface area contributed by atoms with Crippen LogP contribution in [0.25, 0.3) is 0 Å². The Hall–Kier alpha value is -1.48. The lowest BCUT2D eigenvalue weighted by Crippen LogP contribution is -2.09. The van der Waals surface area contributed by atoms with Crippen molar-refractivity contribution < 1.29 is 14.6 Å². The van der Waals surface area contributed by atoms with E-state index in [0.29, 0.717) is 0 Å². The molecule has 1 heterocycles. The van der Waals surface area contributed by atoms with Gasteiger partial charge in [0.25, 0.3) is 0 Å². The van der Waals surface area contributed by atoms with Crippen LogP contribution in [-0.4, -0.2) is 17.8 Å². The molecule has 3 nitrogen and oxygen atoms in total. The van der Waals surface area contributed by atoms with E-state index in [9.17, 15) is 5.11 Å². The van der Waals surface area contributed by atoms with E-state index in [4.69, 9.17) is 9.47 Å². The van der Waals surface area contributed by atoms with Crippen molar-refractivity contribution in [1.29, 1.82) is 0 Å². The van der Waals surface area contributed by atoms with Crippen LogP contribution in [0.4, 0.5) is 0 Å². The fourth-order valence-electron chi connectivity index (χ4n) is 2.03. The Morgan fingerprint density at radius 1 is 1.33 bits per heavy atom. The third-order valence-corrected chi connectivity index (χ3v) is 2.86. The molecule has 98 valence electrons. The minimum absolute atomic E-state index is 0.134. The van der Waals surface area contributed by atoms with Crippen LogP contribution in [0.5, 0.6) is 5.75 Å². The first kappa shape index (κ1) is 13.0. The molecule has 0 bridgehead atoms. The number of rotatable bonds is 4. The van der Waals surface area contributed by atoms with Crippen LogP contribution in [0.1, 0.15) is 38.4 Å². The van der Waals surface area contributed by atoms with Gasteiger partial charge in [-0.2, -0.15) is 0 Å². The molecular formula is C15H20O3. The summed E-state index contributed by atoms with van der Waals surface area (Å²) in [5, 5.41) is 10.3. The van der Waals surface area contributed by atoms with Crippen molar-refractivity contribution in [3.8, 4) is 5.75 Å². The Bertz CT molecular complexity index is 424. The largest absolute Gasteiger partial charge is 0.501 e. The molecule has 2 rings (SSSR count). The zero-order valence-electron chi connectivity index (χ0n) is 10.9. The zero-order valence-corrected chi connectivity index (χ0v) is 10.9. The summed E-state index contributed by atoms with van der Waals surface area (Å²) in [5.74, 6) is 0.791. The first-order valence-corrected chi connectivity index (χ1v) is 6.42. The second-order valence-electron chi connectivity index (χ2n) is 4.81. The highest BCUT2D eigenvalue weighted by Crippen LogP contribution is 2.29. The minimum atomic E-state index is -0.596.